The van der Waals surface area contributed by atoms with Gasteiger partial charge in [0.15, 0.2) is 0 Å². The van der Waals surface area contributed by atoms with E-state index in [-0.39, 0.29) is 5.91 Å². The molecule has 8 heteroatoms. The Morgan fingerprint density at radius 3 is 2.59 bits per heavy atom. The van der Waals surface area contributed by atoms with E-state index < -0.39 is 0 Å². The van der Waals surface area contributed by atoms with Crippen LogP contribution in [0, 0.1) is 0 Å². The highest BCUT2D eigenvalue weighted by Gasteiger charge is 2.18. The highest BCUT2D eigenvalue weighted by molar-refractivity contribution is 6.42. The first kappa shape index (κ1) is 19.9. The van der Waals surface area contributed by atoms with E-state index in [2.05, 4.69) is 32.1 Å². The number of hydrogen-bond acceptors (Lipinski definition) is 5. The average molecular weight is 430 g/mol. The monoisotopic (exact) mass is 429 g/mol. The summed E-state index contributed by atoms with van der Waals surface area (Å²) in [5.74, 6) is 0.753. The van der Waals surface area contributed by atoms with Gasteiger partial charge in [-0.15, -0.1) is 0 Å². The topological polar surface area (TPSA) is 61.4 Å². The van der Waals surface area contributed by atoms with Crippen molar-refractivity contribution in [2.45, 2.75) is 6.54 Å². The Balaban J connectivity index is 1.51. The predicted octanol–water partition coefficient (Wildman–Crippen LogP) is 3.62. The zero-order chi connectivity index (χ0) is 20.4. The number of halogens is 2. The smallest absolute Gasteiger partial charge is 0.251 e. The van der Waals surface area contributed by atoms with Gasteiger partial charge in [0, 0.05) is 43.7 Å². The second-order valence-corrected chi connectivity index (χ2v) is 7.97. The van der Waals surface area contributed by atoms with Crippen molar-refractivity contribution in [3.05, 3.63) is 63.9 Å². The molecule has 1 saturated heterocycles. The number of anilines is 1. The molecule has 0 unspecified atom stereocenters. The number of likely N-dealkylation sites (N-methyl/N-ethyl adjacent to an activating group) is 1. The highest BCUT2D eigenvalue weighted by atomic mass is 35.5. The highest BCUT2D eigenvalue weighted by Crippen LogP contribution is 2.25. The summed E-state index contributed by atoms with van der Waals surface area (Å²) in [6.45, 7) is 4.22. The summed E-state index contributed by atoms with van der Waals surface area (Å²) in [6.07, 6.45) is 1.56. The van der Waals surface area contributed by atoms with E-state index in [1.165, 1.54) is 0 Å². The van der Waals surface area contributed by atoms with Gasteiger partial charge in [-0.1, -0.05) is 29.3 Å². The molecule has 1 aliphatic heterocycles. The van der Waals surface area contributed by atoms with Crippen molar-refractivity contribution < 1.29 is 4.79 Å². The number of carbonyl (C=O) groups is 1. The maximum Gasteiger partial charge on any atom is 0.251 e. The van der Waals surface area contributed by atoms with E-state index in [1.807, 2.05) is 18.2 Å². The Morgan fingerprint density at radius 1 is 1.03 bits per heavy atom. The van der Waals surface area contributed by atoms with Crippen LogP contribution in [0.4, 0.5) is 5.82 Å². The number of carbonyl (C=O) groups excluding carboxylic acids is 1. The Kier molecular flexibility index (Phi) is 5.85. The molecule has 1 fully saturated rings. The van der Waals surface area contributed by atoms with Gasteiger partial charge < -0.3 is 15.1 Å². The standard InChI is InChI=1S/C21H21Cl2N5O/c1-27-6-8-28(9-7-27)20-16-4-3-15(11-19(16)25-13-26-20)21(29)24-12-14-2-5-17(22)18(23)10-14/h2-5,10-11,13H,6-9,12H2,1H3,(H,24,29). The molecule has 29 heavy (non-hydrogen) atoms. The lowest BCUT2D eigenvalue weighted by Crippen LogP contribution is -2.44. The lowest BCUT2D eigenvalue weighted by molar-refractivity contribution is 0.0951. The quantitative estimate of drug-likeness (QED) is 0.685. The second kappa shape index (κ2) is 8.53. The Morgan fingerprint density at radius 2 is 1.83 bits per heavy atom. The fraction of sp³-hybridized carbons (Fsp3) is 0.286. The molecule has 1 aromatic heterocycles. The molecule has 0 saturated carbocycles. The molecule has 1 amide bonds. The van der Waals surface area contributed by atoms with Gasteiger partial charge in [-0.3, -0.25) is 4.79 Å². The van der Waals surface area contributed by atoms with Crippen molar-refractivity contribution >= 4 is 45.8 Å². The maximum atomic E-state index is 12.6. The number of amides is 1. The fourth-order valence-electron chi connectivity index (χ4n) is 3.39. The number of fused-ring (bicyclic) bond motifs is 1. The number of nitrogens with one attached hydrogen (secondary N) is 1. The number of aromatic nitrogens is 2. The Hall–Kier alpha value is -2.41. The molecule has 1 aliphatic rings. The van der Waals surface area contributed by atoms with Crippen LogP contribution in [0.25, 0.3) is 10.9 Å². The minimum absolute atomic E-state index is 0.169. The third-order valence-corrected chi connectivity index (χ3v) is 5.86. The molecule has 1 N–H and O–H groups in total. The van der Waals surface area contributed by atoms with Crippen molar-refractivity contribution in [2.75, 3.05) is 38.1 Å². The summed E-state index contributed by atoms with van der Waals surface area (Å²) in [7, 11) is 2.12. The van der Waals surface area contributed by atoms with Crippen molar-refractivity contribution in [1.29, 1.82) is 0 Å². The molecule has 3 aromatic rings. The molecular formula is C21H21Cl2N5O. The average Bonchev–Trinajstić information content (AvgIpc) is 2.74. The normalized spacial score (nSPS) is 14.9. The van der Waals surface area contributed by atoms with Crippen molar-refractivity contribution in [3.8, 4) is 0 Å². The van der Waals surface area contributed by atoms with E-state index in [9.17, 15) is 4.79 Å². The van der Waals surface area contributed by atoms with Gasteiger partial charge in [0.1, 0.15) is 12.1 Å². The van der Waals surface area contributed by atoms with Crippen LogP contribution in [0.3, 0.4) is 0 Å². The lowest BCUT2D eigenvalue weighted by atomic mass is 10.1. The summed E-state index contributed by atoms with van der Waals surface area (Å²) < 4.78 is 0. The van der Waals surface area contributed by atoms with E-state index in [0.717, 1.165) is 48.5 Å². The summed E-state index contributed by atoms with van der Waals surface area (Å²) in [4.78, 5) is 26.0. The first-order valence-electron chi connectivity index (χ1n) is 9.41. The molecule has 2 heterocycles. The minimum atomic E-state index is -0.169. The van der Waals surface area contributed by atoms with Gasteiger partial charge >= 0.3 is 0 Å². The summed E-state index contributed by atoms with van der Waals surface area (Å²) >= 11 is 12.0. The Bertz CT molecular complexity index is 1050. The van der Waals surface area contributed by atoms with E-state index in [0.29, 0.717) is 22.2 Å². The summed E-state index contributed by atoms with van der Waals surface area (Å²) in [5.41, 5.74) is 2.20. The van der Waals surface area contributed by atoms with Crippen LogP contribution in [-0.4, -0.2) is 54.0 Å². The van der Waals surface area contributed by atoms with E-state index in [1.54, 1.807) is 24.5 Å². The molecule has 0 atom stereocenters. The van der Waals surface area contributed by atoms with Crippen LogP contribution in [0.15, 0.2) is 42.7 Å². The van der Waals surface area contributed by atoms with Crippen LogP contribution in [-0.2, 0) is 6.54 Å². The van der Waals surface area contributed by atoms with Crippen molar-refractivity contribution in [3.63, 3.8) is 0 Å². The molecule has 0 aliphatic carbocycles. The van der Waals surface area contributed by atoms with Crippen molar-refractivity contribution in [1.82, 2.24) is 20.2 Å². The molecule has 0 radical (unpaired) electrons. The minimum Gasteiger partial charge on any atom is -0.353 e. The number of piperazine rings is 1. The largest absolute Gasteiger partial charge is 0.353 e. The third-order valence-electron chi connectivity index (χ3n) is 5.12. The number of benzene rings is 2. The first-order valence-corrected chi connectivity index (χ1v) is 10.2. The molecule has 150 valence electrons. The molecule has 6 nitrogen and oxygen atoms in total. The number of nitrogens with zero attached hydrogens (tertiary/aromatic N) is 4. The fourth-order valence-corrected chi connectivity index (χ4v) is 3.71. The summed E-state index contributed by atoms with van der Waals surface area (Å²) in [6, 6.07) is 10.9. The SMILES string of the molecule is CN1CCN(c2ncnc3cc(C(=O)NCc4ccc(Cl)c(Cl)c4)ccc23)CC1. The molecule has 0 bridgehead atoms. The number of rotatable bonds is 4. The molecule has 0 spiro atoms. The van der Waals surface area contributed by atoms with E-state index in [4.69, 9.17) is 23.2 Å². The van der Waals surface area contributed by atoms with Gasteiger partial charge in [-0.25, -0.2) is 9.97 Å². The summed E-state index contributed by atoms with van der Waals surface area (Å²) in [5, 5.41) is 4.83. The van der Waals surface area contributed by atoms with Crippen LogP contribution in [0.2, 0.25) is 10.0 Å². The molecule has 2 aromatic carbocycles. The second-order valence-electron chi connectivity index (χ2n) is 7.15. The molecule has 4 rings (SSSR count). The molecular weight excluding hydrogens is 409 g/mol. The van der Waals surface area contributed by atoms with Crippen LogP contribution in [0.5, 0.6) is 0 Å². The van der Waals surface area contributed by atoms with Gasteiger partial charge in [0.05, 0.1) is 15.6 Å². The van der Waals surface area contributed by atoms with Gasteiger partial charge in [0.2, 0.25) is 0 Å². The van der Waals surface area contributed by atoms with E-state index >= 15 is 0 Å². The first-order chi connectivity index (χ1) is 14.0. The Labute approximate surface area is 179 Å². The van der Waals surface area contributed by atoms with Crippen molar-refractivity contribution in [2.24, 2.45) is 0 Å². The van der Waals surface area contributed by atoms with Crippen LogP contribution >= 0.6 is 23.2 Å². The maximum absolute atomic E-state index is 12.6. The zero-order valence-electron chi connectivity index (χ0n) is 16.0. The van der Waals surface area contributed by atoms with Crippen LogP contribution in [0.1, 0.15) is 15.9 Å². The van der Waals surface area contributed by atoms with Crippen LogP contribution < -0.4 is 10.2 Å². The predicted molar refractivity (Wildman–Crippen MR) is 117 cm³/mol. The van der Waals surface area contributed by atoms with Gasteiger partial charge in [-0.2, -0.15) is 0 Å². The lowest BCUT2D eigenvalue weighted by Gasteiger charge is -2.33. The zero-order valence-corrected chi connectivity index (χ0v) is 17.5. The third kappa shape index (κ3) is 4.45. The number of hydrogen-bond donors (Lipinski definition) is 1. The van der Waals surface area contributed by atoms with Gasteiger partial charge in [-0.05, 0) is 42.9 Å². The van der Waals surface area contributed by atoms with Gasteiger partial charge in [0.25, 0.3) is 5.91 Å².